The third-order valence-corrected chi connectivity index (χ3v) is 3.13. The maximum Gasteiger partial charge on any atom is 0.270 e. The van der Waals surface area contributed by atoms with Crippen LogP contribution in [0.25, 0.3) is 0 Å². The number of aryl methyl sites for hydroxylation is 1. The van der Waals surface area contributed by atoms with Crippen LogP contribution in [0.5, 0.6) is 0 Å². The molecule has 0 aliphatic heterocycles. The number of nitrogens with zero attached hydrogens (tertiary/aromatic N) is 1. The van der Waals surface area contributed by atoms with Crippen molar-refractivity contribution in [3.05, 3.63) is 63.9 Å². The van der Waals surface area contributed by atoms with Gasteiger partial charge in [0.1, 0.15) is 5.69 Å². The molecule has 0 fully saturated rings. The lowest BCUT2D eigenvalue weighted by Gasteiger charge is -2.07. The van der Waals surface area contributed by atoms with Gasteiger partial charge in [-0.1, -0.05) is 24.3 Å². The molecule has 0 bridgehead atoms. The Kier molecular flexibility index (Phi) is 4.10. The molecule has 0 unspecified atom stereocenters. The molecule has 0 saturated carbocycles. The molecule has 4 heteroatoms. The number of benzene rings is 1. The summed E-state index contributed by atoms with van der Waals surface area (Å²) in [4.78, 5) is 15.9. The van der Waals surface area contributed by atoms with Gasteiger partial charge < -0.3 is 5.32 Å². The van der Waals surface area contributed by atoms with E-state index in [-0.39, 0.29) is 5.91 Å². The van der Waals surface area contributed by atoms with Gasteiger partial charge in [0.25, 0.3) is 5.91 Å². The Labute approximate surface area is 114 Å². The first kappa shape index (κ1) is 12.8. The van der Waals surface area contributed by atoms with Crippen molar-refractivity contribution in [1.82, 2.24) is 10.3 Å². The number of aromatic nitrogens is 1. The molecule has 2 rings (SSSR count). The minimum absolute atomic E-state index is 0.161. The summed E-state index contributed by atoms with van der Waals surface area (Å²) in [7, 11) is 0. The van der Waals surface area contributed by atoms with Gasteiger partial charge in [-0.2, -0.15) is 0 Å². The second-order valence-electron chi connectivity index (χ2n) is 3.97. The van der Waals surface area contributed by atoms with Crippen LogP contribution in [0.4, 0.5) is 0 Å². The van der Waals surface area contributed by atoms with Crippen molar-refractivity contribution in [2.45, 2.75) is 13.5 Å². The molecule has 0 radical (unpaired) electrons. The van der Waals surface area contributed by atoms with Crippen molar-refractivity contribution in [3.63, 3.8) is 0 Å². The molecule has 2 aromatic rings. The first-order chi connectivity index (χ1) is 8.66. The number of carbonyl (C=O) groups is 1. The molecule has 0 spiro atoms. The van der Waals surface area contributed by atoms with E-state index in [9.17, 15) is 4.79 Å². The van der Waals surface area contributed by atoms with Crippen LogP contribution < -0.4 is 5.32 Å². The molecular formula is C14H13BrN2O. The number of rotatable bonds is 3. The van der Waals surface area contributed by atoms with E-state index in [2.05, 4.69) is 26.2 Å². The summed E-state index contributed by atoms with van der Waals surface area (Å²) >= 11 is 3.29. The lowest BCUT2D eigenvalue weighted by atomic mass is 10.1. The normalized spacial score (nSPS) is 10.1. The highest BCUT2D eigenvalue weighted by atomic mass is 79.9. The molecule has 1 aromatic carbocycles. The van der Waals surface area contributed by atoms with E-state index in [4.69, 9.17) is 0 Å². The highest BCUT2D eigenvalue weighted by molar-refractivity contribution is 9.10. The molecule has 0 aliphatic rings. The molecule has 0 saturated heterocycles. The predicted octanol–water partition coefficient (Wildman–Crippen LogP) is 3.08. The summed E-state index contributed by atoms with van der Waals surface area (Å²) in [5.41, 5.74) is 2.70. The van der Waals surface area contributed by atoms with Gasteiger partial charge in [0.05, 0.1) is 0 Å². The fourth-order valence-corrected chi connectivity index (χ4v) is 1.82. The standard InChI is InChI=1S/C14H13BrN2O/c1-10-4-2-3-5-11(10)8-17-14(18)13-7-6-12(15)9-16-13/h2-7,9H,8H2,1H3,(H,17,18). The third-order valence-electron chi connectivity index (χ3n) is 2.66. The summed E-state index contributed by atoms with van der Waals surface area (Å²) < 4.78 is 0.859. The Morgan fingerprint density at radius 3 is 2.72 bits per heavy atom. The van der Waals surface area contributed by atoms with Gasteiger partial charge in [0.15, 0.2) is 0 Å². The molecule has 92 valence electrons. The first-order valence-corrected chi connectivity index (χ1v) is 6.40. The summed E-state index contributed by atoms with van der Waals surface area (Å²) in [6.45, 7) is 2.54. The first-order valence-electron chi connectivity index (χ1n) is 5.61. The number of carbonyl (C=O) groups excluding carboxylic acids is 1. The van der Waals surface area contributed by atoms with E-state index in [1.54, 1.807) is 18.3 Å². The predicted molar refractivity (Wildman–Crippen MR) is 74.3 cm³/mol. The summed E-state index contributed by atoms with van der Waals surface area (Å²) in [5.74, 6) is -0.161. The number of hydrogen-bond donors (Lipinski definition) is 1. The molecule has 0 atom stereocenters. The zero-order chi connectivity index (χ0) is 13.0. The van der Waals surface area contributed by atoms with Crippen molar-refractivity contribution < 1.29 is 4.79 Å². The molecule has 1 N–H and O–H groups in total. The number of amides is 1. The largest absolute Gasteiger partial charge is 0.347 e. The van der Waals surface area contributed by atoms with Crippen LogP contribution in [0.3, 0.4) is 0 Å². The number of pyridine rings is 1. The average molecular weight is 305 g/mol. The number of halogens is 1. The van der Waals surface area contributed by atoms with Crippen LogP contribution >= 0.6 is 15.9 Å². The van der Waals surface area contributed by atoms with E-state index in [0.29, 0.717) is 12.2 Å². The molecule has 3 nitrogen and oxygen atoms in total. The van der Waals surface area contributed by atoms with Gasteiger partial charge in [0.2, 0.25) is 0 Å². The monoisotopic (exact) mass is 304 g/mol. The third kappa shape index (κ3) is 3.17. The fraction of sp³-hybridized carbons (Fsp3) is 0.143. The second-order valence-corrected chi connectivity index (χ2v) is 4.89. The van der Waals surface area contributed by atoms with E-state index in [1.165, 1.54) is 5.56 Å². The average Bonchev–Trinajstić information content (AvgIpc) is 2.38. The highest BCUT2D eigenvalue weighted by Gasteiger charge is 2.06. The van der Waals surface area contributed by atoms with Crippen molar-refractivity contribution in [3.8, 4) is 0 Å². The fourth-order valence-electron chi connectivity index (χ4n) is 1.58. The maximum atomic E-state index is 11.9. The van der Waals surface area contributed by atoms with E-state index in [1.807, 2.05) is 31.2 Å². The van der Waals surface area contributed by atoms with Gasteiger partial charge in [0, 0.05) is 17.2 Å². The summed E-state index contributed by atoms with van der Waals surface area (Å²) in [6.07, 6.45) is 1.61. The molecule has 1 amide bonds. The Morgan fingerprint density at radius 1 is 1.28 bits per heavy atom. The quantitative estimate of drug-likeness (QED) is 0.947. The van der Waals surface area contributed by atoms with Crippen LogP contribution in [-0.2, 0) is 6.54 Å². The maximum absolute atomic E-state index is 11.9. The second kappa shape index (κ2) is 5.78. The molecule has 1 aromatic heterocycles. The van der Waals surface area contributed by atoms with Crippen LogP contribution in [0.15, 0.2) is 47.1 Å². The Morgan fingerprint density at radius 2 is 2.06 bits per heavy atom. The zero-order valence-corrected chi connectivity index (χ0v) is 11.6. The highest BCUT2D eigenvalue weighted by Crippen LogP contribution is 2.09. The Bertz CT molecular complexity index is 552. The van der Waals surface area contributed by atoms with Gasteiger partial charge >= 0.3 is 0 Å². The molecule has 18 heavy (non-hydrogen) atoms. The van der Waals surface area contributed by atoms with Crippen molar-refractivity contribution in [2.24, 2.45) is 0 Å². The molecule has 1 heterocycles. The zero-order valence-electron chi connectivity index (χ0n) is 9.98. The Balaban J connectivity index is 2.01. The summed E-state index contributed by atoms with van der Waals surface area (Å²) in [5, 5.41) is 2.86. The Hall–Kier alpha value is -1.68. The van der Waals surface area contributed by atoms with E-state index in [0.717, 1.165) is 10.0 Å². The molecular weight excluding hydrogens is 292 g/mol. The van der Waals surface area contributed by atoms with E-state index >= 15 is 0 Å². The smallest absolute Gasteiger partial charge is 0.270 e. The van der Waals surface area contributed by atoms with Crippen molar-refractivity contribution in [1.29, 1.82) is 0 Å². The number of hydrogen-bond acceptors (Lipinski definition) is 2. The molecule has 0 aliphatic carbocycles. The lowest BCUT2D eigenvalue weighted by molar-refractivity contribution is 0.0946. The minimum atomic E-state index is -0.161. The van der Waals surface area contributed by atoms with Gasteiger partial charge in [-0.3, -0.25) is 4.79 Å². The van der Waals surface area contributed by atoms with E-state index < -0.39 is 0 Å². The topological polar surface area (TPSA) is 42.0 Å². The van der Waals surface area contributed by atoms with Crippen LogP contribution in [0, 0.1) is 6.92 Å². The lowest BCUT2D eigenvalue weighted by Crippen LogP contribution is -2.24. The van der Waals surface area contributed by atoms with Crippen molar-refractivity contribution in [2.75, 3.05) is 0 Å². The van der Waals surface area contributed by atoms with Gasteiger partial charge in [-0.05, 0) is 46.1 Å². The van der Waals surface area contributed by atoms with Gasteiger partial charge in [-0.25, -0.2) is 4.98 Å². The van der Waals surface area contributed by atoms with Crippen LogP contribution in [0.1, 0.15) is 21.6 Å². The van der Waals surface area contributed by atoms with Crippen LogP contribution in [-0.4, -0.2) is 10.9 Å². The van der Waals surface area contributed by atoms with Crippen LogP contribution in [0.2, 0.25) is 0 Å². The van der Waals surface area contributed by atoms with Gasteiger partial charge in [-0.15, -0.1) is 0 Å². The van der Waals surface area contributed by atoms with Crippen molar-refractivity contribution >= 4 is 21.8 Å². The minimum Gasteiger partial charge on any atom is -0.347 e. The SMILES string of the molecule is Cc1ccccc1CNC(=O)c1ccc(Br)cn1. The summed E-state index contributed by atoms with van der Waals surface area (Å²) in [6, 6.07) is 11.5. The number of nitrogens with one attached hydrogen (secondary N) is 1.